The van der Waals surface area contributed by atoms with Gasteiger partial charge >= 0.3 is 5.97 Å². The van der Waals surface area contributed by atoms with Crippen molar-refractivity contribution in [2.24, 2.45) is 0 Å². The van der Waals surface area contributed by atoms with Crippen molar-refractivity contribution >= 4 is 22.4 Å². The summed E-state index contributed by atoms with van der Waals surface area (Å²) in [6, 6.07) is 0. The van der Waals surface area contributed by atoms with E-state index in [4.69, 9.17) is 9.47 Å². The summed E-state index contributed by atoms with van der Waals surface area (Å²) in [4.78, 5) is 18.9. The number of nitrogens with zero attached hydrogens (tertiary/aromatic N) is 2. The van der Waals surface area contributed by atoms with E-state index in [1.54, 1.807) is 0 Å². The first-order valence-electron chi connectivity index (χ1n) is 6.45. The zero-order valence-corrected chi connectivity index (χ0v) is 13.0. The molecule has 1 N–H and O–H groups in total. The second-order valence-corrected chi connectivity index (χ2v) is 6.64. The number of hydrogen-bond donors (Lipinski definition) is 1. The van der Waals surface area contributed by atoms with Crippen LogP contribution in [0.4, 0.5) is 5.13 Å². The Morgan fingerprint density at radius 3 is 2.95 bits per heavy atom. The lowest BCUT2D eigenvalue weighted by Gasteiger charge is -2.42. The van der Waals surface area contributed by atoms with Crippen molar-refractivity contribution in [3.05, 3.63) is 10.6 Å². The van der Waals surface area contributed by atoms with E-state index >= 15 is 0 Å². The number of thiazole rings is 1. The Morgan fingerprint density at radius 2 is 2.35 bits per heavy atom. The van der Waals surface area contributed by atoms with Gasteiger partial charge in [-0.05, 0) is 20.8 Å². The molecule has 1 aromatic heterocycles. The van der Waals surface area contributed by atoms with E-state index in [2.05, 4.69) is 9.88 Å². The predicted molar refractivity (Wildman–Crippen MR) is 76.4 cm³/mol. The second kappa shape index (κ2) is 5.67. The summed E-state index contributed by atoms with van der Waals surface area (Å²) in [5.74, 6) is -0.420. The number of rotatable bonds is 3. The van der Waals surface area contributed by atoms with Gasteiger partial charge in [0.1, 0.15) is 0 Å². The lowest BCUT2D eigenvalue weighted by molar-refractivity contribution is -0.101. The van der Waals surface area contributed by atoms with Gasteiger partial charge in [-0.25, -0.2) is 9.78 Å². The van der Waals surface area contributed by atoms with Gasteiger partial charge < -0.3 is 19.5 Å². The van der Waals surface area contributed by atoms with Crippen LogP contribution in [0.1, 0.15) is 29.2 Å². The van der Waals surface area contributed by atoms with Crippen molar-refractivity contribution in [2.45, 2.75) is 32.5 Å². The van der Waals surface area contributed by atoms with Gasteiger partial charge in [0.2, 0.25) is 0 Å². The van der Waals surface area contributed by atoms with Crippen molar-refractivity contribution in [1.29, 1.82) is 0 Å². The van der Waals surface area contributed by atoms with Crippen molar-refractivity contribution in [2.75, 3.05) is 31.7 Å². The number of aromatic nitrogens is 1. The highest BCUT2D eigenvalue weighted by Crippen LogP contribution is 2.31. The molecule has 1 aliphatic rings. The first-order chi connectivity index (χ1) is 9.36. The zero-order chi connectivity index (χ0) is 14.9. The molecule has 0 spiro atoms. The largest absolute Gasteiger partial charge is 0.464 e. The number of anilines is 1. The van der Waals surface area contributed by atoms with E-state index in [0.29, 0.717) is 18.8 Å². The molecule has 1 unspecified atom stereocenters. The fourth-order valence-corrected chi connectivity index (χ4v) is 3.24. The Balaban J connectivity index is 2.24. The molecule has 2 heterocycles. The molecule has 0 saturated carbocycles. The Kier molecular flexibility index (Phi) is 4.31. The van der Waals surface area contributed by atoms with E-state index in [1.165, 1.54) is 18.4 Å². The van der Waals surface area contributed by atoms with Crippen LogP contribution in [-0.4, -0.2) is 54.6 Å². The van der Waals surface area contributed by atoms with E-state index in [1.807, 2.05) is 20.8 Å². The Morgan fingerprint density at radius 1 is 1.65 bits per heavy atom. The lowest BCUT2D eigenvalue weighted by atomic mass is 10.1. The third kappa shape index (κ3) is 3.11. The molecule has 0 aliphatic carbocycles. The summed E-state index contributed by atoms with van der Waals surface area (Å²) >= 11 is 1.45. The van der Waals surface area contributed by atoms with Crippen LogP contribution in [0.5, 0.6) is 0 Å². The molecular formula is C13H20N2O4S. The van der Waals surface area contributed by atoms with Crippen LogP contribution in [-0.2, 0) is 9.47 Å². The molecule has 1 aromatic rings. The van der Waals surface area contributed by atoms with Crippen LogP contribution in [0.25, 0.3) is 0 Å². The van der Waals surface area contributed by atoms with Gasteiger partial charge in [0.05, 0.1) is 25.4 Å². The Labute approximate surface area is 122 Å². The summed E-state index contributed by atoms with van der Waals surface area (Å²) in [6.07, 6.45) is -0.246. The van der Waals surface area contributed by atoms with Gasteiger partial charge in [-0.1, -0.05) is 0 Å². The average molecular weight is 300 g/mol. The van der Waals surface area contributed by atoms with Gasteiger partial charge in [-0.3, -0.25) is 0 Å². The molecule has 1 atom stereocenters. The monoisotopic (exact) mass is 300 g/mol. The first-order valence-corrected chi connectivity index (χ1v) is 7.27. The van der Waals surface area contributed by atoms with E-state index in [-0.39, 0.29) is 18.3 Å². The number of aliphatic hydroxyl groups excluding tert-OH is 1. The van der Waals surface area contributed by atoms with Gasteiger partial charge in [0, 0.05) is 18.0 Å². The highest BCUT2D eigenvalue weighted by Gasteiger charge is 2.34. The number of aliphatic hydroxyl groups is 1. The zero-order valence-electron chi connectivity index (χ0n) is 12.2. The molecule has 1 saturated heterocycles. The second-order valence-electron chi connectivity index (χ2n) is 5.46. The summed E-state index contributed by atoms with van der Waals surface area (Å²) in [7, 11) is 1.35. The molecule has 0 bridgehead atoms. The summed E-state index contributed by atoms with van der Waals surface area (Å²) in [5.41, 5.74) is -0.00578. The minimum Gasteiger partial charge on any atom is -0.464 e. The predicted octanol–water partition coefficient (Wildman–Crippen LogP) is 1.21. The quantitative estimate of drug-likeness (QED) is 0.846. The normalized spacial score (nSPS) is 21.9. The number of carbonyl (C=O) groups excluding carboxylic acids is 1. The maximum Gasteiger partial charge on any atom is 0.357 e. The first kappa shape index (κ1) is 15.2. The molecule has 1 fully saturated rings. The van der Waals surface area contributed by atoms with Gasteiger partial charge in [0.25, 0.3) is 0 Å². The molecule has 1 aliphatic heterocycles. The van der Waals surface area contributed by atoms with Crippen molar-refractivity contribution < 1.29 is 19.4 Å². The van der Waals surface area contributed by atoms with Crippen molar-refractivity contribution in [3.63, 3.8) is 0 Å². The van der Waals surface area contributed by atoms with Crippen LogP contribution in [0.3, 0.4) is 0 Å². The summed E-state index contributed by atoms with van der Waals surface area (Å²) in [5, 5.41) is 10.1. The number of hydrogen-bond acceptors (Lipinski definition) is 7. The molecule has 7 heteroatoms. The molecule has 0 amide bonds. The smallest absolute Gasteiger partial charge is 0.357 e. The Bertz CT molecular complexity index is 501. The number of morpholine rings is 1. The van der Waals surface area contributed by atoms with Crippen LogP contribution >= 0.6 is 11.3 Å². The molecule has 0 radical (unpaired) electrons. The van der Waals surface area contributed by atoms with E-state index < -0.39 is 5.97 Å². The third-order valence-corrected chi connectivity index (χ3v) is 4.15. The highest BCUT2D eigenvalue weighted by atomic mass is 32.1. The molecule has 112 valence electrons. The number of carbonyl (C=O) groups is 1. The van der Waals surface area contributed by atoms with Gasteiger partial charge in [-0.15, -0.1) is 11.3 Å². The maximum atomic E-state index is 11.6. The molecule has 20 heavy (non-hydrogen) atoms. The molecular weight excluding hydrogens is 280 g/mol. The standard InChI is InChI=1S/C13H20N2O4S/c1-8-10(11(17)18-4)14-12(20-8)15-5-9(6-16)19-13(2,3)7-15/h9,16H,5-7H2,1-4H3. The highest BCUT2D eigenvalue weighted by molar-refractivity contribution is 7.15. The maximum absolute atomic E-state index is 11.6. The van der Waals surface area contributed by atoms with Crippen LogP contribution in [0.2, 0.25) is 0 Å². The average Bonchev–Trinajstić information content (AvgIpc) is 2.78. The third-order valence-electron chi connectivity index (χ3n) is 3.12. The van der Waals surface area contributed by atoms with E-state index in [9.17, 15) is 9.90 Å². The van der Waals surface area contributed by atoms with Crippen molar-refractivity contribution in [1.82, 2.24) is 4.98 Å². The number of methoxy groups -OCH3 is 1. The fraction of sp³-hybridized carbons (Fsp3) is 0.692. The van der Waals surface area contributed by atoms with Gasteiger partial charge in [-0.2, -0.15) is 0 Å². The minimum atomic E-state index is -0.420. The molecule has 2 rings (SSSR count). The SMILES string of the molecule is COC(=O)c1nc(N2CC(CO)OC(C)(C)C2)sc1C. The van der Waals surface area contributed by atoms with E-state index in [0.717, 1.165) is 10.0 Å². The lowest BCUT2D eigenvalue weighted by Crippen LogP contribution is -2.54. The summed E-state index contributed by atoms with van der Waals surface area (Å²) < 4.78 is 10.5. The Hall–Kier alpha value is -1.18. The molecule has 0 aromatic carbocycles. The summed E-state index contributed by atoms with van der Waals surface area (Å²) in [6.45, 7) is 6.99. The minimum absolute atomic E-state index is 0.0336. The van der Waals surface area contributed by atoms with Crippen LogP contribution in [0.15, 0.2) is 0 Å². The number of aryl methyl sites for hydroxylation is 1. The van der Waals surface area contributed by atoms with Crippen molar-refractivity contribution in [3.8, 4) is 0 Å². The number of esters is 1. The fourth-order valence-electron chi connectivity index (χ4n) is 2.34. The van der Waals surface area contributed by atoms with Crippen LogP contribution in [0, 0.1) is 6.92 Å². The number of ether oxygens (including phenoxy) is 2. The van der Waals surface area contributed by atoms with Gasteiger partial charge in [0.15, 0.2) is 10.8 Å². The van der Waals surface area contributed by atoms with Crippen LogP contribution < -0.4 is 4.90 Å². The molecule has 6 nitrogen and oxygen atoms in total. The topological polar surface area (TPSA) is 71.9 Å².